The minimum absolute atomic E-state index is 0.403. The molecular weight excluding hydrogens is 282 g/mol. The molecule has 2 aliphatic heterocycles. The molecule has 1 aromatic heterocycles. The fourth-order valence-corrected chi connectivity index (χ4v) is 2.68. The number of fused-ring (bicyclic) bond motifs is 1. The van der Waals surface area contributed by atoms with Gasteiger partial charge in [-0.15, -0.1) is 0 Å². The van der Waals surface area contributed by atoms with Crippen LogP contribution in [0, 0.1) is 0 Å². The van der Waals surface area contributed by atoms with Crippen molar-refractivity contribution in [1.29, 1.82) is 0 Å². The first kappa shape index (κ1) is 13.3. The maximum atomic E-state index is 11.5. The van der Waals surface area contributed by atoms with E-state index in [2.05, 4.69) is 20.3 Å². The number of carbonyl (C=O) groups is 1. The third-order valence-corrected chi connectivity index (χ3v) is 3.73. The molecule has 2 aliphatic rings. The number of rotatable bonds is 1. The van der Waals surface area contributed by atoms with Crippen LogP contribution >= 0.6 is 11.9 Å². The fourth-order valence-electron chi connectivity index (χ4n) is 2.58. The van der Waals surface area contributed by atoms with Crippen molar-refractivity contribution in [3.63, 3.8) is 0 Å². The summed E-state index contributed by atoms with van der Waals surface area (Å²) in [6, 6.07) is 0. The Kier molecular flexibility index (Phi) is 3.84. The molecule has 6 nitrogen and oxygen atoms in total. The second-order valence-corrected chi connectivity index (χ2v) is 4.87. The predicted octanol–water partition coefficient (Wildman–Crippen LogP) is 1.93. The van der Waals surface area contributed by atoms with E-state index in [0.29, 0.717) is 26.1 Å². The van der Waals surface area contributed by atoms with Gasteiger partial charge >= 0.3 is 6.09 Å². The van der Waals surface area contributed by atoms with E-state index in [4.69, 9.17) is 16.6 Å². The number of nitrogens with zero attached hydrogens (tertiary/aromatic N) is 3. The van der Waals surface area contributed by atoms with Crippen molar-refractivity contribution in [3.8, 4) is 0 Å². The molecule has 0 saturated heterocycles. The lowest BCUT2D eigenvalue weighted by atomic mass is 9.96. The highest BCUT2D eigenvalue weighted by atomic mass is 35.5. The van der Waals surface area contributed by atoms with Gasteiger partial charge in [-0.3, -0.25) is 0 Å². The summed E-state index contributed by atoms with van der Waals surface area (Å²) < 4.78 is 9.56. The molecule has 0 N–H and O–H groups in total. The van der Waals surface area contributed by atoms with Crippen LogP contribution in [0.1, 0.15) is 23.4 Å². The van der Waals surface area contributed by atoms with Crippen LogP contribution in [0.4, 0.5) is 4.79 Å². The summed E-state index contributed by atoms with van der Waals surface area (Å²) in [5.74, 6) is 0. The third-order valence-electron chi connectivity index (χ3n) is 3.60. The van der Waals surface area contributed by atoms with E-state index in [0.717, 1.165) is 30.0 Å². The zero-order chi connectivity index (χ0) is 13.9. The van der Waals surface area contributed by atoms with Crippen molar-refractivity contribution in [2.45, 2.75) is 19.4 Å². The van der Waals surface area contributed by atoms with Crippen LogP contribution in [-0.2, 0) is 22.0 Å². The van der Waals surface area contributed by atoms with Gasteiger partial charge in [-0.1, -0.05) is 6.08 Å². The van der Waals surface area contributed by atoms with E-state index in [9.17, 15) is 4.79 Å². The molecular formula is C13H14ClN3O3. The van der Waals surface area contributed by atoms with Gasteiger partial charge in [0.2, 0.25) is 0 Å². The SMILES string of the molecule is O=C(OCl)N1CCc2c(ncnc2C2=CCOCC2)C1. The zero-order valence-electron chi connectivity index (χ0n) is 10.8. The maximum absolute atomic E-state index is 11.5. The Morgan fingerprint density at radius 2 is 2.30 bits per heavy atom. The number of ether oxygens (including phenoxy) is 1. The Balaban J connectivity index is 1.90. The first-order valence-electron chi connectivity index (χ1n) is 6.47. The van der Waals surface area contributed by atoms with Crippen LogP contribution in [0.2, 0.25) is 0 Å². The fraction of sp³-hybridized carbons (Fsp3) is 0.462. The summed E-state index contributed by atoms with van der Waals surface area (Å²) in [6.07, 6.45) is 4.63. The molecule has 1 amide bonds. The lowest BCUT2D eigenvalue weighted by molar-refractivity contribution is 0.150. The predicted molar refractivity (Wildman–Crippen MR) is 71.9 cm³/mol. The van der Waals surface area contributed by atoms with Crippen LogP contribution in [0.25, 0.3) is 5.57 Å². The Morgan fingerprint density at radius 1 is 1.40 bits per heavy atom. The number of carbonyl (C=O) groups excluding carboxylic acids is 1. The first-order valence-corrected chi connectivity index (χ1v) is 6.78. The second-order valence-electron chi connectivity index (χ2n) is 4.72. The summed E-state index contributed by atoms with van der Waals surface area (Å²) >= 11 is 5.12. The maximum Gasteiger partial charge on any atom is 0.428 e. The minimum Gasteiger partial charge on any atom is -0.377 e. The van der Waals surface area contributed by atoms with Crippen molar-refractivity contribution in [2.75, 3.05) is 19.8 Å². The largest absolute Gasteiger partial charge is 0.428 e. The molecule has 20 heavy (non-hydrogen) atoms. The topological polar surface area (TPSA) is 64.5 Å². The number of halogens is 1. The second kappa shape index (κ2) is 5.76. The van der Waals surface area contributed by atoms with E-state index in [1.807, 2.05) is 0 Å². The molecule has 0 saturated carbocycles. The molecule has 0 spiro atoms. The number of aromatic nitrogens is 2. The quantitative estimate of drug-likeness (QED) is 0.792. The average Bonchev–Trinajstić information content (AvgIpc) is 2.53. The van der Waals surface area contributed by atoms with Gasteiger partial charge in [0.25, 0.3) is 0 Å². The zero-order valence-corrected chi connectivity index (χ0v) is 11.6. The Hall–Kier alpha value is -1.66. The Bertz CT molecular complexity index is 562. The molecule has 3 rings (SSSR count). The molecule has 3 heterocycles. The normalized spacial score (nSPS) is 18.2. The van der Waals surface area contributed by atoms with E-state index >= 15 is 0 Å². The highest BCUT2D eigenvalue weighted by Gasteiger charge is 2.26. The Labute approximate surface area is 121 Å². The lowest BCUT2D eigenvalue weighted by Gasteiger charge is -2.27. The minimum atomic E-state index is -0.539. The van der Waals surface area contributed by atoms with Crippen LogP contribution in [0.3, 0.4) is 0 Å². The summed E-state index contributed by atoms with van der Waals surface area (Å²) in [5, 5.41) is 0. The summed E-state index contributed by atoms with van der Waals surface area (Å²) in [5.41, 5.74) is 4.15. The van der Waals surface area contributed by atoms with E-state index in [1.165, 1.54) is 10.5 Å². The van der Waals surface area contributed by atoms with Gasteiger partial charge in [0.15, 0.2) is 0 Å². The lowest BCUT2D eigenvalue weighted by Crippen LogP contribution is -2.36. The van der Waals surface area contributed by atoms with Crippen LogP contribution < -0.4 is 0 Å². The smallest absolute Gasteiger partial charge is 0.377 e. The van der Waals surface area contributed by atoms with Crippen LogP contribution in [-0.4, -0.2) is 40.7 Å². The molecule has 106 valence electrons. The molecule has 0 bridgehead atoms. The van der Waals surface area contributed by atoms with E-state index in [-0.39, 0.29) is 0 Å². The standard InChI is InChI=1S/C13H14ClN3O3/c14-20-13(18)17-4-1-10-11(7-17)15-8-16-12(10)9-2-5-19-6-3-9/h2,8H,1,3-7H2. The molecule has 0 aliphatic carbocycles. The molecule has 0 atom stereocenters. The van der Waals surface area contributed by atoms with Gasteiger partial charge < -0.3 is 13.9 Å². The molecule has 0 radical (unpaired) electrons. The molecule has 0 unspecified atom stereocenters. The highest BCUT2D eigenvalue weighted by molar-refractivity contribution is 6.12. The van der Waals surface area contributed by atoms with Gasteiger partial charge in [-0.25, -0.2) is 14.8 Å². The van der Waals surface area contributed by atoms with Gasteiger partial charge in [-0.05, 0) is 18.4 Å². The number of hydrogen-bond acceptors (Lipinski definition) is 5. The van der Waals surface area contributed by atoms with Gasteiger partial charge in [0.05, 0.1) is 31.1 Å². The van der Waals surface area contributed by atoms with Gasteiger partial charge in [-0.2, -0.15) is 0 Å². The third kappa shape index (κ3) is 2.48. The van der Waals surface area contributed by atoms with Crippen molar-refractivity contribution in [1.82, 2.24) is 14.9 Å². The van der Waals surface area contributed by atoms with Gasteiger partial charge in [0, 0.05) is 12.1 Å². The molecule has 0 fully saturated rings. The molecule has 0 aromatic carbocycles. The molecule has 7 heteroatoms. The average molecular weight is 296 g/mol. The van der Waals surface area contributed by atoms with E-state index < -0.39 is 6.09 Å². The first-order chi connectivity index (χ1) is 9.79. The highest BCUT2D eigenvalue weighted by Crippen LogP contribution is 2.27. The monoisotopic (exact) mass is 295 g/mol. The van der Waals surface area contributed by atoms with Crippen molar-refractivity contribution in [2.24, 2.45) is 0 Å². The summed E-state index contributed by atoms with van der Waals surface area (Å²) in [6.45, 7) is 2.30. The Morgan fingerprint density at radius 3 is 3.05 bits per heavy atom. The number of hydrogen-bond donors (Lipinski definition) is 0. The summed E-state index contributed by atoms with van der Waals surface area (Å²) in [7, 11) is 0. The van der Waals surface area contributed by atoms with Crippen LogP contribution in [0.5, 0.6) is 0 Å². The van der Waals surface area contributed by atoms with Crippen molar-refractivity contribution < 1.29 is 13.8 Å². The van der Waals surface area contributed by atoms with Crippen molar-refractivity contribution in [3.05, 3.63) is 29.4 Å². The number of amides is 1. The van der Waals surface area contributed by atoms with Crippen molar-refractivity contribution >= 4 is 23.5 Å². The van der Waals surface area contributed by atoms with Crippen LogP contribution in [0.15, 0.2) is 12.4 Å². The van der Waals surface area contributed by atoms with E-state index in [1.54, 1.807) is 6.33 Å². The summed E-state index contributed by atoms with van der Waals surface area (Å²) in [4.78, 5) is 21.7. The molecule has 1 aromatic rings. The van der Waals surface area contributed by atoms with Gasteiger partial charge in [0.1, 0.15) is 18.2 Å².